The number of hydrogen-bond acceptors (Lipinski definition) is 4. The van der Waals surface area contributed by atoms with Crippen LogP contribution in [0.4, 0.5) is 14.5 Å². The lowest BCUT2D eigenvalue weighted by atomic mass is 10.3. The lowest BCUT2D eigenvalue weighted by molar-refractivity contribution is -0.121. The van der Waals surface area contributed by atoms with Crippen LogP contribution < -0.4 is 4.90 Å². The second-order valence-corrected chi connectivity index (χ2v) is 5.87. The van der Waals surface area contributed by atoms with Gasteiger partial charge in [0.1, 0.15) is 0 Å². The molecular formula is C15H10F2N2O2S. The molecule has 7 heteroatoms. The molecule has 0 aliphatic carbocycles. The Hall–Kier alpha value is -2.28. The maximum Gasteiger partial charge on any atom is 0.247 e. The van der Waals surface area contributed by atoms with Gasteiger partial charge in [-0.1, -0.05) is 17.8 Å². The van der Waals surface area contributed by atoms with Crippen LogP contribution in [0.5, 0.6) is 0 Å². The average Bonchev–Trinajstić information content (AvgIpc) is 2.78. The van der Waals surface area contributed by atoms with Crippen LogP contribution in [0.25, 0.3) is 0 Å². The minimum absolute atomic E-state index is 0.000923. The summed E-state index contributed by atoms with van der Waals surface area (Å²) >= 11 is 1.18. The fourth-order valence-electron chi connectivity index (χ4n) is 2.15. The average molecular weight is 320 g/mol. The molecule has 1 saturated heterocycles. The molecule has 0 bridgehead atoms. The summed E-state index contributed by atoms with van der Waals surface area (Å²) in [7, 11) is 0. The molecule has 1 unspecified atom stereocenters. The van der Waals surface area contributed by atoms with Gasteiger partial charge in [0, 0.05) is 18.7 Å². The Bertz CT molecular complexity index is 740. The summed E-state index contributed by atoms with van der Waals surface area (Å²) in [6.07, 6.45) is 1.59. The van der Waals surface area contributed by atoms with Gasteiger partial charge in [-0.2, -0.15) is 0 Å². The van der Waals surface area contributed by atoms with E-state index >= 15 is 0 Å². The van der Waals surface area contributed by atoms with E-state index < -0.39 is 28.7 Å². The summed E-state index contributed by atoms with van der Waals surface area (Å²) in [5, 5.41) is 0.0105. The molecule has 4 nitrogen and oxygen atoms in total. The summed E-state index contributed by atoms with van der Waals surface area (Å²) in [5.41, 5.74) is 0.0398. The fraction of sp³-hybridized carbons (Fsp3) is 0.133. The number of aromatic nitrogens is 1. The summed E-state index contributed by atoms with van der Waals surface area (Å²) in [5.74, 6) is -3.02. The van der Waals surface area contributed by atoms with Crippen molar-refractivity contribution in [3.05, 3.63) is 54.2 Å². The van der Waals surface area contributed by atoms with E-state index in [1.165, 1.54) is 17.8 Å². The quantitative estimate of drug-likeness (QED) is 0.816. The highest BCUT2D eigenvalue weighted by atomic mass is 32.2. The van der Waals surface area contributed by atoms with Crippen molar-refractivity contribution < 1.29 is 18.4 Å². The number of carbonyl (C=O) groups excluding carboxylic acids is 2. The molecule has 0 spiro atoms. The largest absolute Gasteiger partial charge is 0.274 e. The number of anilines is 1. The van der Waals surface area contributed by atoms with E-state index in [2.05, 4.69) is 4.98 Å². The summed E-state index contributed by atoms with van der Waals surface area (Å²) in [4.78, 5) is 29.4. The number of nitrogens with zero attached hydrogens (tertiary/aromatic N) is 2. The Morgan fingerprint density at radius 1 is 1.14 bits per heavy atom. The molecule has 0 radical (unpaired) electrons. The molecule has 3 rings (SSSR count). The second-order valence-electron chi connectivity index (χ2n) is 4.64. The predicted molar refractivity (Wildman–Crippen MR) is 77.4 cm³/mol. The Balaban J connectivity index is 1.83. The second kappa shape index (κ2) is 5.84. The highest BCUT2D eigenvalue weighted by molar-refractivity contribution is 8.00. The number of hydrogen-bond donors (Lipinski definition) is 0. The Morgan fingerprint density at radius 3 is 2.64 bits per heavy atom. The molecule has 1 aromatic carbocycles. The van der Waals surface area contributed by atoms with Gasteiger partial charge in [0.15, 0.2) is 11.6 Å². The van der Waals surface area contributed by atoms with Crippen molar-refractivity contribution >= 4 is 29.3 Å². The number of amides is 2. The lowest BCUT2D eigenvalue weighted by Gasteiger charge is -2.15. The van der Waals surface area contributed by atoms with Gasteiger partial charge in [-0.25, -0.2) is 18.7 Å². The van der Waals surface area contributed by atoms with Crippen molar-refractivity contribution in [3.63, 3.8) is 0 Å². The minimum Gasteiger partial charge on any atom is -0.274 e. The van der Waals surface area contributed by atoms with Crippen molar-refractivity contribution in [2.24, 2.45) is 0 Å². The van der Waals surface area contributed by atoms with Crippen LogP contribution >= 0.6 is 11.8 Å². The first-order chi connectivity index (χ1) is 10.6. The zero-order chi connectivity index (χ0) is 15.7. The topological polar surface area (TPSA) is 50.3 Å². The van der Waals surface area contributed by atoms with Crippen molar-refractivity contribution in [1.29, 1.82) is 0 Å². The monoisotopic (exact) mass is 320 g/mol. The maximum absolute atomic E-state index is 13.3. The molecule has 1 fully saturated rings. The fourth-order valence-corrected chi connectivity index (χ4v) is 3.16. The van der Waals surface area contributed by atoms with Gasteiger partial charge in [0.2, 0.25) is 11.8 Å². The van der Waals surface area contributed by atoms with Crippen molar-refractivity contribution in [2.75, 3.05) is 4.90 Å². The van der Waals surface area contributed by atoms with E-state index in [4.69, 9.17) is 0 Å². The highest BCUT2D eigenvalue weighted by Crippen LogP contribution is 2.33. The normalized spacial score (nSPS) is 18.1. The van der Waals surface area contributed by atoms with Gasteiger partial charge in [0.25, 0.3) is 0 Å². The molecule has 1 atom stereocenters. The van der Waals surface area contributed by atoms with E-state index in [1.54, 1.807) is 24.4 Å². The summed E-state index contributed by atoms with van der Waals surface area (Å²) in [6.45, 7) is 0. The number of imide groups is 1. The molecular weight excluding hydrogens is 310 g/mol. The van der Waals surface area contributed by atoms with Crippen LogP contribution in [0.2, 0.25) is 0 Å². The zero-order valence-corrected chi connectivity index (χ0v) is 12.0. The van der Waals surface area contributed by atoms with Crippen LogP contribution in [0, 0.1) is 11.6 Å². The van der Waals surface area contributed by atoms with Crippen LogP contribution in [-0.2, 0) is 9.59 Å². The number of carbonyl (C=O) groups is 2. The Kier molecular flexibility index (Phi) is 3.89. The van der Waals surface area contributed by atoms with Gasteiger partial charge >= 0.3 is 0 Å². The molecule has 1 aliphatic heterocycles. The van der Waals surface area contributed by atoms with E-state index in [1.807, 2.05) is 0 Å². The van der Waals surface area contributed by atoms with Gasteiger partial charge < -0.3 is 0 Å². The number of halogens is 2. The summed E-state index contributed by atoms with van der Waals surface area (Å²) in [6, 6.07) is 8.22. The van der Waals surface area contributed by atoms with Crippen LogP contribution in [0.1, 0.15) is 6.42 Å². The first-order valence-corrected chi connectivity index (χ1v) is 7.34. The third-order valence-corrected chi connectivity index (χ3v) is 4.30. The zero-order valence-electron chi connectivity index (χ0n) is 11.2. The van der Waals surface area contributed by atoms with Gasteiger partial charge in [0.05, 0.1) is 16.0 Å². The molecule has 1 aromatic heterocycles. The van der Waals surface area contributed by atoms with Crippen LogP contribution in [0.15, 0.2) is 47.6 Å². The van der Waals surface area contributed by atoms with Crippen LogP contribution in [0.3, 0.4) is 0 Å². The van der Waals surface area contributed by atoms with Gasteiger partial charge in [-0.15, -0.1) is 0 Å². The van der Waals surface area contributed by atoms with E-state index in [0.717, 1.165) is 17.0 Å². The van der Waals surface area contributed by atoms with Crippen molar-refractivity contribution in [3.8, 4) is 0 Å². The SMILES string of the molecule is O=C1CC(Sc2ccccn2)C(=O)N1c1ccc(F)c(F)c1. The molecule has 0 saturated carbocycles. The van der Waals surface area contributed by atoms with Gasteiger partial charge in [-0.3, -0.25) is 9.59 Å². The number of pyridine rings is 1. The lowest BCUT2D eigenvalue weighted by Crippen LogP contribution is -2.31. The number of thioether (sulfide) groups is 1. The first kappa shape index (κ1) is 14.6. The molecule has 112 valence electrons. The molecule has 2 aromatic rings. The molecule has 1 aliphatic rings. The third kappa shape index (κ3) is 2.71. The highest BCUT2D eigenvalue weighted by Gasteiger charge is 2.40. The summed E-state index contributed by atoms with van der Waals surface area (Å²) < 4.78 is 26.3. The first-order valence-electron chi connectivity index (χ1n) is 6.46. The molecule has 0 N–H and O–H groups in total. The maximum atomic E-state index is 13.3. The van der Waals surface area contributed by atoms with E-state index in [-0.39, 0.29) is 12.1 Å². The van der Waals surface area contributed by atoms with Crippen LogP contribution in [-0.4, -0.2) is 22.0 Å². The number of rotatable bonds is 3. The molecule has 2 amide bonds. The predicted octanol–water partition coefficient (Wildman–Crippen LogP) is 2.78. The smallest absolute Gasteiger partial charge is 0.247 e. The third-order valence-electron chi connectivity index (χ3n) is 3.17. The standard InChI is InChI=1S/C15H10F2N2O2S/c16-10-5-4-9(7-11(10)17)19-14(20)8-12(15(19)21)22-13-3-1-2-6-18-13/h1-7,12H,8H2. The number of benzene rings is 1. The minimum atomic E-state index is -1.10. The van der Waals surface area contributed by atoms with Gasteiger partial charge in [-0.05, 0) is 24.3 Å². The van der Waals surface area contributed by atoms with E-state index in [9.17, 15) is 18.4 Å². The van der Waals surface area contributed by atoms with Crippen molar-refractivity contribution in [1.82, 2.24) is 4.98 Å². The Labute approximate surface area is 129 Å². The molecule has 22 heavy (non-hydrogen) atoms. The Morgan fingerprint density at radius 2 is 1.95 bits per heavy atom. The van der Waals surface area contributed by atoms with E-state index in [0.29, 0.717) is 5.03 Å². The van der Waals surface area contributed by atoms with Crippen molar-refractivity contribution in [2.45, 2.75) is 16.7 Å². The molecule has 2 heterocycles.